The van der Waals surface area contributed by atoms with Gasteiger partial charge in [-0.3, -0.25) is 4.79 Å². The Labute approximate surface area is 124 Å². The van der Waals surface area contributed by atoms with E-state index in [-0.39, 0.29) is 11.7 Å². The molecule has 1 fully saturated rings. The second kappa shape index (κ2) is 5.68. The molecule has 0 spiro atoms. The zero-order valence-electron chi connectivity index (χ0n) is 11.8. The molecule has 21 heavy (non-hydrogen) atoms. The summed E-state index contributed by atoms with van der Waals surface area (Å²) < 4.78 is 13.2. The summed E-state index contributed by atoms with van der Waals surface area (Å²) in [5, 5.41) is 2.96. The highest BCUT2D eigenvalue weighted by molar-refractivity contribution is 5.89. The van der Waals surface area contributed by atoms with Crippen molar-refractivity contribution in [3.8, 4) is 0 Å². The summed E-state index contributed by atoms with van der Waals surface area (Å²) in [5.74, 6) is -0.229. The lowest BCUT2D eigenvalue weighted by Crippen LogP contribution is -2.48. The molecule has 2 aromatic carbocycles. The van der Waals surface area contributed by atoms with Crippen LogP contribution in [0, 0.1) is 5.82 Å². The van der Waals surface area contributed by atoms with Crippen LogP contribution < -0.4 is 5.32 Å². The van der Waals surface area contributed by atoms with Crippen LogP contribution in [0.4, 0.5) is 4.39 Å². The van der Waals surface area contributed by atoms with E-state index in [4.69, 9.17) is 0 Å². The number of rotatable bonds is 4. The van der Waals surface area contributed by atoms with Gasteiger partial charge in [0.2, 0.25) is 5.91 Å². The molecule has 0 aromatic heterocycles. The molecule has 1 N–H and O–H groups in total. The number of carbonyl (C=O) groups is 1. The predicted molar refractivity (Wildman–Crippen MR) is 80.2 cm³/mol. The molecule has 3 heteroatoms. The van der Waals surface area contributed by atoms with Gasteiger partial charge < -0.3 is 5.32 Å². The van der Waals surface area contributed by atoms with Crippen molar-refractivity contribution in [2.45, 2.75) is 31.2 Å². The fourth-order valence-electron chi connectivity index (χ4n) is 2.93. The lowest BCUT2D eigenvalue weighted by atomic mass is 9.64. The Morgan fingerprint density at radius 1 is 1.10 bits per heavy atom. The van der Waals surface area contributed by atoms with E-state index in [1.54, 1.807) is 6.07 Å². The van der Waals surface area contributed by atoms with Crippen LogP contribution in [-0.2, 0) is 16.8 Å². The topological polar surface area (TPSA) is 29.1 Å². The van der Waals surface area contributed by atoms with E-state index >= 15 is 0 Å². The largest absolute Gasteiger partial charge is 0.351 e. The van der Waals surface area contributed by atoms with Crippen molar-refractivity contribution in [1.82, 2.24) is 5.32 Å². The molecule has 1 aliphatic rings. The van der Waals surface area contributed by atoms with Crippen LogP contribution in [-0.4, -0.2) is 5.91 Å². The molecular weight excluding hydrogens is 265 g/mol. The van der Waals surface area contributed by atoms with Crippen molar-refractivity contribution in [2.24, 2.45) is 0 Å². The smallest absolute Gasteiger partial charge is 0.230 e. The molecule has 0 aliphatic heterocycles. The first-order valence-corrected chi connectivity index (χ1v) is 7.29. The molecule has 1 amide bonds. The number of hydrogen-bond donors (Lipinski definition) is 1. The number of nitrogens with one attached hydrogen (secondary N) is 1. The number of amides is 1. The molecular formula is C18H18FNO. The van der Waals surface area contributed by atoms with Gasteiger partial charge in [0, 0.05) is 6.54 Å². The minimum Gasteiger partial charge on any atom is -0.351 e. The summed E-state index contributed by atoms with van der Waals surface area (Å²) in [4.78, 5) is 12.6. The van der Waals surface area contributed by atoms with Crippen LogP contribution >= 0.6 is 0 Å². The average molecular weight is 283 g/mol. The van der Waals surface area contributed by atoms with Crippen molar-refractivity contribution < 1.29 is 9.18 Å². The van der Waals surface area contributed by atoms with Crippen molar-refractivity contribution in [3.05, 3.63) is 71.5 Å². The molecule has 0 saturated heterocycles. The van der Waals surface area contributed by atoms with Crippen molar-refractivity contribution in [3.63, 3.8) is 0 Å². The maximum absolute atomic E-state index is 13.2. The van der Waals surface area contributed by atoms with E-state index in [1.807, 2.05) is 36.4 Å². The van der Waals surface area contributed by atoms with Gasteiger partial charge in [-0.25, -0.2) is 4.39 Å². The minimum atomic E-state index is -0.394. The van der Waals surface area contributed by atoms with Gasteiger partial charge in [0.05, 0.1) is 5.41 Å². The Bertz CT molecular complexity index is 635. The molecule has 0 heterocycles. The first-order valence-electron chi connectivity index (χ1n) is 7.29. The summed E-state index contributed by atoms with van der Waals surface area (Å²) in [6, 6.07) is 16.3. The Balaban J connectivity index is 1.72. The highest BCUT2D eigenvalue weighted by atomic mass is 19.1. The van der Waals surface area contributed by atoms with Crippen LogP contribution in [0.2, 0.25) is 0 Å². The second-order valence-corrected chi connectivity index (χ2v) is 5.61. The second-order valence-electron chi connectivity index (χ2n) is 5.61. The molecule has 1 saturated carbocycles. The lowest BCUT2D eigenvalue weighted by Gasteiger charge is -2.40. The Kier molecular flexibility index (Phi) is 3.74. The maximum Gasteiger partial charge on any atom is 0.230 e. The van der Waals surface area contributed by atoms with Crippen LogP contribution in [0.3, 0.4) is 0 Å². The molecule has 0 unspecified atom stereocenters. The standard InChI is InChI=1S/C18H18FNO/c19-16-9-4-6-14(12-16)13-20-17(21)18(10-5-11-18)15-7-2-1-3-8-15/h1-4,6-9,12H,5,10-11,13H2,(H,20,21). The average Bonchev–Trinajstić information content (AvgIpc) is 2.45. The summed E-state index contributed by atoms with van der Waals surface area (Å²) >= 11 is 0. The number of benzene rings is 2. The monoisotopic (exact) mass is 283 g/mol. The highest BCUT2D eigenvalue weighted by Gasteiger charge is 2.45. The van der Waals surface area contributed by atoms with Gasteiger partial charge in [0.15, 0.2) is 0 Å². The van der Waals surface area contributed by atoms with E-state index < -0.39 is 5.41 Å². The summed E-state index contributed by atoms with van der Waals surface area (Å²) in [7, 11) is 0. The van der Waals surface area contributed by atoms with Gasteiger partial charge >= 0.3 is 0 Å². The van der Waals surface area contributed by atoms with Crippen LogP contribution in [0.25, 0.3) is 0 Å². The number of hydrogen-bond acceptors (Lipinski definition) is 1. The quantitative estimate of drug-likeness (QED) is 0.913. The van der Waals surface area contributed by atoms with E-state index in [1.165, 1.54) is 12.1 Å². The maximum atomic E-state index is 13.2. The molecule has 2 aromatic rings. The van der Waals surface area contributed by atoms with Gasteiger partial charge in [0.1, 0.15) is 5.82 Å². The van der Waals surface area contributed by atoms with E-state index in [9.17, 15) is 9.18 Å². The van der Waals surface area contributed by atoms with Crippen LogP contribution in [0.15, 0.2) is 54.6 Å². The first kappa shape index (κ1) is 13.8. The minimum absolute atomic E-state index is 0.0456. The summed E-state index contributed by atoms with van der Waals surface area (Å²) in [6.07, 6.45) is 2.83. The third-order valence-corrected chi connectivity index (χ3v) is 4.31. The van der Waals surface area contributed by atoms with E-state index in [2.05, 4.69) is 5.32 Å². The van der Waals surface area contributed by atoms with Crippen molar-refractivity contribution >= 4 is 5.91 Å². The Hall–Kier alpha value is -2.16. The zero-order chi connectivity index (χ0) is 14.7. The van der Waals surface area contributed by atoms with Gasteiger partial charge in [-0.15, -0.1) is 0 Å². The number of halogens is 1. The van der Waals surface area contributed by atoms with E-state index in [0.29, 0.717) is 6.54 Å². The molecule has 2 nitrogen and oxygen atoms in total. The zero-order valence-corrected chi connectivity index (χ0v) is 11.8. The van der Waals surface area contributed by atoms with Gasteiger partial charge in [0.25, 0.3) is 0 Å². The third kappa shape index (κ3) is 2.68. The molecule has 0 bridgehead atoms. The molecule has 0 radical (unpaired) electrons. The fraction of sp³-hybridized carbons (Fsp3) is 0.278. The summed E-state index contributed by atoms with van der Waals surface area (Å²) in [5.41, 5.74) is 1.47. The van der Waals surface area contributed by atoms with E-state index in [0.717, 1.165) is 30.4 Å². The first-order chi connectivity index (χ1) is 10.2. The normalized spacial score (nSPS) is 16.0. The molecule has 1 aliphatic carbocycles. The van der Waals surface area contributed by atoms with Gasteiger partial charge in [-0.05, 0) is 36.1 Å². The Morgan fingerprint density at radius 2 is 1.86 bits per heavy atom. The fourth-order valence-corrected chi connectivity index (χ4v) is 2.93. The molecule has 108 valence electrons. The van der Waals surface area contributed by atoms with Crippen LogP contribution in [0.1, 0.15) is 30.4 Å². The van der Waals surface area contributed by atoms with Crippen molar-refractivity contribution in [2.75, 3.05) is 0 Å². The highest BCUT2D eigenvalue weighted by Crippen LogP contribution is 2.43. The van der Waals surface area contributed by atoms with Gasteiger partial charge in [-0.1, -0.05) is 48.9 Å². The SMILES string of the molecule is O=C(NCc1cccc(F)c1)C1(c2ccccc2)CCC1. The molecule has 0 atom stereocenters. The Morgan fingerprint density at radius 3 is 2.48 bits per heavy atom. The lowest BCUT2D eigenvalue weighted by molar-refractivity contribution is -0.130. The van der Waals surface area contributed by atoms with Crippen molar-refractivity contribution in [1.29, 1.82) is 0 Å². The summed E-state index contributed by atoms with van der Waals surface area (Å²) in [6.45, 7) is 0.366. The van der Waals surface area contributed by atoms with Gasteiger partial charge in [-0.2, -0.15) is 0 Å². The third-order valence-electron chi connectivity index (χ3n) is 4.31. The van der Waals surface area contributed by atoms with Crippen LogP contribution in [0.5, 0.6) is 0 Å². The molecule has 3 rings (SSSR count). The predicted octanol–water partition coefficient (Wildman–Crippen LogP) is 3.56. The number of carbonyl (C=O) groups excluding carboxylic acids is 1.